The van der Waals surface area contributed by atoms with Crippen LogP contribution in [-0.2, 0) is 13.5 Å². The Kier molecular flexibility index (Phi) is 4.62. The van der Waals surface area contributed by atoms with Crippen LogP contribution in [0.15, 0.2) is 48.7 Å². The fourth-order valence-corrected chi connectivity index (χ4v) is 3.38. The van der Waals surface area contributed by atoms with Crippen molar-refractivity contribution in [3.05, 3.63) is 59.9 Å². The molecule has 1 aromatic carbocycles. The molecular weight excluding hydrogens is 272 g/mol. The predicted molar refractivity (Wildman–Crippen MR) is 88.9 cm³/mol. The number of nitrogens with zero attached hydrogens (tertiary/aromatic N) is 2. The van der Waals surface area contributed by atoms with Crippen LogP contribution in [0.5, 0.6) is 0 Å². The number of rotatable bonds is 4. The van der Waals surface area contributed by atoms with Gasteiger partial charge < -0.3 is 9.47 Å². The summed E-state index contributed by atoms with van der Waals surface area (Å²) in [4.78, 5) is 14.9. The second-order valence-corrected chi connectivity index (χ2v) is 6.18. The first-order valence-electron chi connectivity index (χ1n) is 8.22. The third-order valence-corrected chi connectivity index (χ3v) is 4.66. The van der Waals surface area contributed by atoms with E-state index in [1.54, 1.807) is 0 Å². The summed E-state index contributed by atoms with van der Waals surface area (Å²) >= 11 is 0. The summed E-state index contributed by atoms with van der Waals surface area (Å²) in [6, 6.07) is 14.8. The van der Waals surface area contributed by atoms with Crippen LogP contribution < -0.4 is 0 Å². The van der Waals surface area contributed by atoms with Gasteiger partial charge in [0, 0.05) is 25.8 Å². The Labute approximate surface area is 132 Å². The van der Waals surface area contributed by atoms with Gasteiger partial charge in [-0.2, -0.15) is 0 Å². The van der Waals surface area contributed by atoms with Crippen LogP contribution in [0.3, 0.4) is 0 Å². The summed E-state index contributed by atoms with van der Waals surface area (Å²) < 4.78 is 1.92. The molecule has 3 rings (SSSR count). The van der Waals surface area contributed by atoms with Gasteiger partial charge in [-0.15, -0.1) is 0 Å². The van der Waals surface area contributed by atoms with E-state index in [1.165, 1.54) is 12.0 Å². The number of carbonyl (C=O) groups excluding carboxylic acids is 1. The van der Waals surface area contributed by atoms with E-state index in [2.05, 4.69) is 35.2 Å². The number of aromatic nitrogens is 1. The first-order chi connectivity index (χ1) is 10.8. The van der Waals surface area contributed by atoms with E-state index in [4.69, 9.17) is 0 Å². The zero-order valence-electron chi connectivity index (χ0n) is 13.2. The van der Waals surface area contributed by atoms with Crippen molar-refractivity contribution < 1.29 is 4.79 Å². The topological polar surface area (TPSA) is 25.2 Å². The summed E-state index contributed by atoms with van der Waals surface area (Å²) in [6.45, 7) is 0.892. The van der Waals surface area contributed by atoms with Crippen LogP contribution >= 0.6 is 0 Å². The van der Waals surface area contributed by atoms with Crippen molar-refractivity contribution in [3.63, 3.8) is 0 Å². The van der Waals surface area contributed by atoms with E-state index in [1.807, 2.05) is 29.9 Å². The normalized spacial score (nSPS) is 18.4. The highest BCUT2D eigenvalue weighted by atomic mass is 16.2. The maximum absolute atomic E-state index is 12.8. The Morgan fingerprint density at radius 3 is 2.68 bits per heavy atom. The Morgan fingerprint density at radius 1 is 1.14 bits per heavy atom. The summed E-state index contributed by atoms with van der Waals surface area (Å²) in [6.07, 6.45) is 7.52. The third kappa shape index (κ3) is 3.24. The minimum Gasteiger partial charge on any atom is -0.347 e. The highest BCUT2D eigenvalue weighted by Gasteiger charge is 2.28. The minimum atomic E-state index is 0.185. The number of hydrogen-bond donors (Lipinski definition) is 0. The molecule has 22 heavy (non-hydrogen) atoms. The molecule has 0 saturated carbocycles. The molecule has 2 heterocycles. The van der Waals surface area contributed by atoms with Gasteiger partial charge in [0.25, 0.3) is 5.91 Å². The molecular formula is C19H24N2O. The van der Waals surface area contributed by atoms with Crippen LogP contribution in [0.1, 0.15) is 41.7 Å². The first-order valence-corrected chi connectivity index (χ1v) is 8.22. The lowest BCUT2D eigenvalue weighted by atomic mass is 9.95. The molecule has 1 saturated heterocycles. The molecule has 1 fully saturated rings. The number of aryl methyl sites for hydroxylation is 2. The van der Waals surface area contributed by atoms with Gasteiger partial charge in [-0.25, -0.2) is 0 Å². The standard InChI is InChI=1S/C19H24N2O/c1-20-14-7-11-18(20)19(22)21-15-6-5-10-17(21)13-12-16-8-3-2-4-9-16/h2-4,7-9,11,14,17H,5-6,10,12-13,15H2,1H3. The largest absolute Gasteiger partial charge is 0.347 e. The van der Waals surface area contributed by atoms with Gasteiger partial charge in [0.05, 0.1) is 0 Å². The van der Waals surface area contributed by atoms with Crippen molar-refractivity contribution in [1.82, 2.24) is 9.47 Å². The van der Waals surface area contributed by atoms with Gasteiger partial charge in [0.2, 0.25) is 0 Å². The lowest BCUT2D eigenvalue weighted by molar-refractivity contribution is 0.0592. The smallest absolute Gasteiger partial charge is 0.270 e. The number of hydrogen-bond acceptors (Lipinski definition) is 1. The second-order valence-electron chi connectivity index (χ2n) is 6.18. The minimum absolute atomic E-state index is 0.185. The highest BCUT2D eigenvalue weighted by molar-refractivity contribution is 5.93. The van der Waals surface area contributed by atoms with Gasteiger partial charge in [-0.05, 0) is 49.8 Å². The molecule has 0 spiro atoms. The Morgan fingerprint density at radius 2 is 1.95 bits per heavy atom. The van der Waals surface area contributed by atoms with E-state index >= 15 is 0 Å². The Hall–Kier alpha value is -2.03. The van der Waals surface area contributed by atoms with E-state index < -0.39 is 0 Å². The van der Waals surface area contributed by atoms with Gasteiger partial charge in [0.1, 0.15) is 5.69 Å². The lowest BCUT2D eigenvalue weighted by Gasteiger charge is -2.36. The average Bonchev–Trinajstić information content (AvgIpc) is 2.99. The molecule has 1 aliphatic rings. The SMILES string of the molecule is Cn1cccc1C(=O)N1CCCCC1CCc1ccccc1. The van der Waals surface area contributed by atoms with Gasteiger partial charge in [-0.3, -0.25) is 4.79 Å². The van der Waals surface area contributed by atoms with Crippen molar-refractivity contribution in [2.24, 2.45) is 7.05 Å². The highest BCUT2D eigenvalue weighted by Crippen LogP contribution is 2.23. The van der Waals surface area contributed by atoms with Crippen LogP contribution in [0.2, 0.25) is 0 Å². The number of piperidine rings is 1. The van der Waals surface area contributed by atoms with Crippen LogP contribution in [-0.4, -0.2) is 28.0 Å². The number of benzene rings is 1. The molecule has 0 radical (unpaired) electrons. The van der Waals surface area contributed by atoms with Crippen molar-refractivity contribution in [2.45, 2.75) is 38.1 Å². The van der Waals surface area contributed by atoms with Gasteiger partial charge >= 0.3 is 0 Å². The van der Waals surface area contributed by atoms with E-state index in [0.717, 1.165) is 37.9 Å². The quantitative estimate of drug-likeness (QED) is 0.845. The van der Waals surface area contributed by atoms with Crippen LogP contribution in [0.25, 0.3) is 0 Å². The van der Waals surface area contributed by atoms with Crippen LogP contribution in [0, 0.1) is 0 Å². The molecule has 3 nitrogen and oxygen atoms in total. The Balaban J connectivity index is 1.69. The summed E-state index contributed by atoms with van der Waals surface area (Å²) in [5.74, 6) is 0.185. The first kappa shape index (κ1) is 14.9. The fraction of sp³-hybridized carbons (Fsp3) is 0.421. The molecule has 1 aliphatic heterocycles. The molecule has 1 amide bonds. The molecule has 0 N–H and O–H groups in total. The Bertz CT molecular complexity index is 617. The molecule has 0 bridgehead atoms. The fourth-order valence-electron chi connectivity index (χ4n) is 3.38. The van der Waals surface area contributed by atoms with Gasteiger partial charge in [0.15, 0.2) is 0 Å². The van der Waals surface area contributed by atoms with Crippen molar-refractivity contribution >= 4 is 5.91 Å². The molecule has 116 valence electrons. The molecule has 3 heteroatoms. The van der Waals surface area contributed by atoms with Crippen LogP contribution in [0.4, 0.5) is 0 Å². The van der Waals surface area contributed by atoms with Gasteiger partial charge in [-0.1, -0.05) is 30.3 Å². The number of likely N-dealkylation sites (tertiary alicyclic amines) is 1. The molecule has 1 aromatic heterocycles. The lowest BCUT2D eigenvalue weighted by Crippen LogP contribution is -2.44. The zero-order chi connectivity index (χ0) is 15.4. The van der Waals surface area contributed by atoms with E-state index in [0.29, 0.717) is 6.04 Å². The molecule has 1 atom stereocenters. The summed E-state index contributed by atoms with van der Waals surface area (Å²) in [5, 5.41) is 0. The number of carbonyl (C=O) groups is 1. The zero-order valence-corrected chi connectivity index (χ0v) is 13.2. The van der Waals surface area contributed by atoms with E-state index in [9.17, 15) is 4.79 Å². The van der Waals surface area contributed by atoms with E-state index in [-0.39, 0.29) is 5.91 Å². The monoisotopic (exact) mass is 296 g/mol. The average molecular weight is 296 g/mol. The van der Waals surface area contributed by atoms with Crippen molar-refractivity contribution in [2.75, 3.05) is 6.54 Å². The molecule has 2 aromatic rings. The van der Waals surface area contributed by atoms with Crippen molar-refractivity contribution in [1.29, 1.82) is 0 Å². The number of amides is 1. The molecule has 1 unspecified atom stereocenters. The maximum Gasteiger partial charge on any atom is 0.270 e. The predicted octanol–water partition coefficient (Wildman–Crippen LogP) is 3.65. The molecule has 0 aliphatic carbocycles. The summed E-state index contributed by atoms with van der Waals surface area (Å²) in [5.41, 5.74) is 2.16. The van der Waals surface area contributed by atoms with Crippen molar-refractivity contribution in [3.8, 4) is 0 Å². The summed E-state index contributed by atoms with van der Waals surface area (Å²) in [7, 11) is 1.94. The third-order valence-electron chi connectivity index (χ3n) is 4.66. The second kappa shape index (κ2) is 6.82. The maximum atomic E-state index is 12.8.